The molecule has 2 rings (SSSR count). The molecule has 108 valence electrons. The first-order valence-electron chi connectivity index (χ1n) is 5.96. The highest BCUT2D eigenvalue weighted by atomic mass is 79.9. The van der Waals surface area contributed by atoms with Crippen molar-refractivity contribution >= 4 is 50.8 Å². The van der Waals surface area contributed by atoms with Gasteiger partial charge in [0, 0.05) is 24.3 Å². The third-order valence-electron chi connectivity index (χ3n) is 2.71. The van der Waals surface area contributed by atoms with Crippen LogP contribution in [0.2, 0.25) is 10.0 Å². The quantitative estimate of drug-likeness (QED) is 0.769. The number of hydrogen-bond donors (Lipinski definition) is 1. The lowest BCUT2D eigenvalue weighted by atomic mass is 10.3. The van der Waals surface area contributed by atoms with E-state index < -0.39 is 0 Å². The van der Waals surface area contributed by atoms with Crippen molar-refractivity contribution in [1.29, 1.82) is 0 Å². The van der Waals surface area contributed by atoms with Crippen LogP contribution in [0.3, 0.4) is 0 Å². The van der Waals surface area contributed by atoms with Crippen molar-refractivity contribution in [2.75, 3.05) is 19.0 Å². The Balaban J connectivity index is 2.28. The van der Waals surface area contributed by atoms with Crippen molar-refractivity contribution in [3.8, 4) is 0 Å². The van der Waals surface area contributed by atoms with Gasteiger partial charge in [-0.1, -0.05) is 23.2 Å². The molecule has 0 aliphatic rings. The summed E-state index contributed by atoms with van der Waals surface area (Å²) in [4.78, 5) is 4.43. The highest BCUT2D eigenvalue weighted by molar-refractivity contribution is 9.10. The van der Waals surface area contributed by atoms with Gasteiger partial charge >= 0.3 is 0 Å². The van der Waals surface area contributed by atoms with Gasteiger partial charge in [0.15, 0.2) is 0 Å². The van der Waals surface area contributed by atoms with E-state index in [0.717, 1.165) is 10.2 Å². The molecule has 1 N–H and O–H groups in total. The molecule has 1 aromatic carbocycles. The van der Waals surface area contributed by atoms with Gasteiger partial charge in [0.25, 0.3) is 0 Å². The zero-order valence-corrected chi connectivity index (χ0v) is 14.2. The molecule has 0 saturated carbocycles. The molecule has 20 heavy (non-hydrogen) atoms. The number of aryl methyl sites for hydroxylation is 1. The fourth-order valence-electron chi connectivity index (χ4n) is 1.75. The first kappa shape index (κ1) is 15.6. The summed E-state index contributed by atoms with van der Waals surface area (Å²) in [5.41, 5.74) is 1.63. The summed E-state index contributed by atoms with van der Waals surface area (Å²) in [5, 5.41) is 4.13. The van der Waals surface area contributed by atoms with Gasteiger partial charge in [-0.3, -0.25) is 0 Å². The number of hydrogen-bond acceptors (Lipinski definition) is 3. The molecule has 0 radical (unpaired) electrons. The zero-order chi connectivity index (χ0) is 14.7. The van der Waals surface area contributed by atoms with Gasteiger partial charge in [-0.05, 0) is 35.0 Å². The molecule has 0 unspecified atom stereocenters. The second-order valence-corrected chi connectivity index (χ2v) is 5.85. The van der Waals surface area contributed by atoms with Crippen LogP contribution in [0, 0.1) is 6.92 Å². The summed E-state index contributed by atoms with van der Waals surface area (Å²) >= 11 is 15.7. The SMILES string of the molecule is COCCn1cc(C)nc1Nc1ccc(Br)c(Cl)c1Cl. The Morgan fingerprint density at radius 2 is 2.10 bits per heavy atom. The third-order valence-corrected chi connectivity index (χ3v) is 4.49. The lowest BCUT2D eigenvalue weighted by molar-refractivity contribution is 0.188. The molecule has 0 aliphatic carbocycles. The summed E-state index contributed by atoms with van der Waals surface area (Å²) in [7, 11) is 1.67. The van der Waals surface area contributed by atoms with E-state index in [0.29, 0.717) is 34.8 Å². The van der Waals surface area contributed by atoms with Gasteiger partial charge in [-0.2, -0.15) is 0 Å². The third kappa shape index (κ3) is 3.47. The van der Waals surface area contributed by atoms with Gasteiger partial charge in [0.1, 0.15) is 0 Å². The molecule has 2 aromatic rings. The number of imidazole rings is 1. The zero-order valence-electron chi connectivity index (χ0n) is 11.1. The molecule has 0 spiro atoms. The van der Waals surface area contributed by atoms with Gasteiger partial charge in [-0.15, -0.1) is 0 Å². The van der Waals surface area contributed by atoms with Crippen LogP contribution >= 0.6 is 39.1 Å². The van der Waals surface area contributed by atoms with Crippen LogP contribution in [-0.2, 0) is 11.3 Å². The van der Waals surface area contributed by atoms with Crippen molar-refractivity contribution in [2.45, 2.75) is 13.5 Å². The molecule has 0 aliphatic heterocycles. The van der Waals surface area contributed by atoms with Gasteiger partial charge in [-0.25, -0.2) is 4.98 Å². The first-order chi connectivity index (χ1) is 9.52. The van der Waals surface area contributed by atoms with Crippen LogP contribution in [0.5, 0.6) is 0 Å². The van der Waals surface area contributed by atoms with Crippen LogP contribution in [0.15, 0.2) is 22.8 Å². The molecule has 0 atom stereocenters. The molecule has 4 nitrogen and oxygen atoms in total. The number of halogens is 3. The predicted octanol–water partition coefficient (Wildman–Crippen LogP) is 4.65. The molecule has 1 heterocycles. The number of methoxy groups -OCH3 is 1. The second kappa shape index (κ2) is 6.80. The summed E-state index contributed by atoms with van der Waals surface area (Å²) < 4.78 is 7.82. The molecular formula is C13H14BrCl2N3O. The number of anilines is 2. The largest absolute Gasteiger partial charge is 0.383 e. The highest BCUT2D eigenvalue weighted by Gasteiger charge is 2.11. The molecule has 0 saturated heterocycles. The Labute approximate surface area is 136 Å². The monoisotopic (exact) mass is 377 g/mol. The fourth-order valence-corrected chi connectivity index (χ4v) is 2.57. The minimum absolute atomic E-state index is 0.458. The second-order valence-electron chi connectivity index (χ2n) is 4.24. The molecule has 7 heteroatoms. The maximum atomic E-state index is 6.23. The van der Waals surface area contributed by atoms with Crippen LogP contribution in [-0.4, -0.2) is 23.3 Å². The van der Waals surface area contributed by atoms with E-state index in [1.165, 1.54) is 0 Å². The van der Waals surface area contributed by atoms with E-state index in [1.54, 1.807) is 7.11 Å². The average molecular weight is 379 g/mol. The van der Waals surface area contributed by atoms with Crippen LogP contribution < -0.4 is 5.32 Å². The van der Waals surface area contributed by atoms with Crippen LogP contribution in [0.4, 0.5) is 11.6 Å². The number of benzene rings is 1. The Bertz CT molecular complexity index is 616. The maximum Gasteiger partial charge on any atom is 0.207 e. The Morgan fingerprint density at radius 3 is 2.80 bits per heavy atom. The Hall–Kier alpha value is -0.750. The van der Waals surface area contributed by atoms with E-state index in [9.17, 15) is 0 Å². The number of nitrogens with zero attached hydrogens (tertiary/aromatic N) is 2. The number of ether oxygens (including phenoxy) is 1. The van der Waals surface area contributed by atoms with Crippen molar-refractivity contribution in [2.24, 2.45) is 0 Å². The van der Waals surface area contributed by atoms with Gasteiger partial charge in [0.2, 0.25) is 5.95 Å². The van der Waals surface area contributed by atoms with E-state index in [4.69, 9.17) is 27.9 Å². The van der Waals surface area contributed by atoms with E-state index in [-0.39, 0.29) is 0 Å². The Morgan fingerprint density at radius 1 is 1.35 bits per heavy atom. The normalized spacial score (nSPS) is 10.8. The molecule has 1 aromatic heterocycles. The predicted molar refractivity (Wildman–Crippen MR) is 86.3 cm³/mol. The van der Waals surface area contributed by atoms with Gasteiger partial charge in [0.05, 0.1) is 28.0 Å². The van der Waals surface area contributed by atoms with Crippen LogP contribution in [0.25, 0.3) is 0 Å². The van der Waals surface area contributed by atoms with E-state index in [2.05, 4.69) is 26.2 Å². The molecular weight excluding hydrogens is 365 g/mol. The lowest BCUT2D eigenvalue weighted by Gasteiger charge is -2.12. The minimum atomic E-state index is 0.458. The van der Waals surface area contributed by atoms with Crippen LogP contribution in [0.1, 0.15) is 5.69 Å². The molecule has 0 bridgehead atoms. The fraction of sp³-hybridized carbons (Fsp3) is 0.308. The standard InChI is InChI=1S/C13H14BrCl2N3O/c1-8-7-19(5-6-20-2)13(17-8)18-10-4-3-9(14)11(15)12(10)16/h3-4,7H,5-6H2,1-2H3,(H,17,18). The van der Waals surface area contributed by atoms with E-state index >= 15 is 0 Å². The first-order valence-corrected chi connectivity index (χ1v) is 7.51. The number of nitrogens with one attached hydrogen (secondary N) is 1. The Kier molecular flexibility index (Phi) is 5.32. The maximum absolute atomic E-state index is 6.23. The number of rotatable bonds is 5. The van der Waals surface area contributed by atoms with Crippen molar-refractivity contribution in [3.05, 3.63) is 38.5 Å². The summed E-state index contributed by atoms with van der Waals surface area (Å²) in [6, 6.07) is 3.69. The van der Waals surface area contributed by atoms with Crippen molar-refractivity contribution < 1.29 is 4.74 Å². The lowest BCUT2D eigenvalue weighted by Crippen LogP contribution is -2.07. The summed E-state index contributed by atoms with van der Waals surface area (Å²) in [5.74, 6) is 0.708. The molecule has 0 fully saturated rings. The smallest absolute Gasteiger partial charge is 0.207 e. The highest BCUT2D eigenvalue weighted by Crippen LogP contribution is 2.36. The number of aromatic nitrogens is 2. The van der Waals surface area contributed by atoms with Gasteiger partial charge < -0.3 is 14.6 Å². The topological polar surface area (TPSA) is 39.1 Å². The summed E-state index contributed by atoms with van der Waals surface area (Å²) in [6.45, 7) is 3.26. The minimum Gasteiger partial charge on any atom is -0.383 e. The van der Waals surface area contributed by atoms with Crippen molar-refractivity contribution in [3.63, 3.8) is 0 Å². The average Bonchev–Trinajstić information content (AvgIpc) is 2.77. The van der Waals surface area contributed by atoms with E-state index in [1.807, 2.05) is 29.8 Å². The molecule has 0 amide bonds. The van der Waals surface area contributed by atoms with Crippen molar-refractivity contribution in [1.82, 2.24) is 9.55 Å². The summed E-state index contributed by atoms with van der Waals surface area (Å²) in [6.07, 6.45) is 1.95.